The van der Waals surface area contributed by atoms with Crippen LogP contribution < -0.4 is 5.32 Å². The van der Waals surface area contributed by atoms with Gasteiger partial charge in [0.2, 0.25) is 0 Å². The van der Waals surface area contributed by atoms with Crippen molar-refractivity contribution in [3.8, 4) is 0 Å². The third-order valence-electron chi connectivity index (χ3n) is 2.10. The van der Waals surface area contributed by atoms with Crippen molar-refractivity contribution >= 4 is 11.8 Å². The Kier molecular flexibility index (Phi) is 5.11. The smallest absolute Gasteiger partial charge is 0.191 e. The first kappa shape index (κ1) is 12.5. The molecule has 15 heavy (non-hydrogen) atoms. The highest BCUT2D eigenvalue weighted by Crippen LogP contribution is 2.15. The molecule has 1 rings (SSSR count). The van der Waals surface area contributed by atoms with E-state index in [1.54, 1.807) is 11.8 Å². The van der Waals surface area contributed by atoms with Crippen LogP contribution in [0, 0.1) is 6.92 Å². The van der Waals surface area contributed by atoms with Crippen molar-refractivity contribution in [3.05, 3.63) is 5.82 Å². The zero-order chi connectivity index (χ0) is 11.3. The van der Waals surface area contributed by atoms with E-state index < -0.39 is 0 Å². The predicted molar refractivity (Wildman–Crippen MR) is 64.3 cm³/mol. The average Bonchev–Trinajstić information content (AvgIpc) is 2.53. The van der Waals surface area contributed by atoms with Crippen molar-refractivity contribution in [2.75, 3.05) is 12.3 Å². The van der Waals surface area contributed by atoms with Crippen LogP contribution in [0.1, 0.15) is 26.6 Å². The van der Waals surface area contributed by atoms with Crippen molar-refractivity contribution in [3.63, 3.8) is 0 Å². The van der Waals surface area contributed by atoms with E-state index in [1.807, 2.05) is 6.92 Å². The van der Waals surface area contributed by atoms with Crippen LogP contribution in [0.2, 0.25) is 0 Å². The summed E-state index contributed by atoms with van der Waals surface area (Å²) < 4.78 is 2.14. The number of rotatable bonds is 6. The number of hydrogen-bond acceptors (Lipinski definition) is 4. The number of aromatic nitrogens is 3. The second kappa shape index (κ2) is 6.12. The molecule has 1 N–H and O–H groups in total. The highest BCUT2D eigenvalue weighted by atomic mass is 32.2. The van der Waals surface area contributed by atoms with Gasteiger partial charge < -0.3 is 9.88 Å². The van der Waals surface area contributed by atoms with Gasteiger partial charge in [-0.15, -0.1) is 10.2 Å². The molecule has 0 atom stereocenters. The normalized spacial score (nSPS) is 11.3. The Balaban J connectivity index is 2.37. The molecule has 5 heteroatoms. The van der Waals surface area contributed by atoms with Crippen molar-refractivity contribution in [1.82, 2.24) is 20.1 Å². The summed E-state index contributed by atoms with van der Waals surface area (Å²) in [5, 5.41) is 12.6. The second-order valence-corrected chi connectivity index (χ2v) is 4.79. The summed E-state index contributed by atoms with van der Waals surface area (Å²) in [7, 11) is 0. The highest BCUT2D eigenvalue weighted by molar-refractivity contribution is 7.99. The minimum Gasteiger partial charge on any atom is -0.314 e. The summed E-state index contributed by atoms with van der Waals surface area (Å²) in [5.74, 6) is 2.04. The van der Waals surface area contributed by atoms with Crippen LogP contribution in [0.25, 0.3) is 0 Å². The fourth-order valence-corrected chi connectivity index (χ4v) is 2.24. The Morgan fingerprint density at radius 2 is 2.13 bits per heavy atom. The van der Waals surface area contributed by atoms with Gasteiger partial charge in [0.1, 0.15) is 5.82 Å². The van der Waals surface area contributed by atoms with Gasteiger partial charge in [0.25, 0.3) is 0 Å². The Hall–Kier alpha value is -0.550. The summed E-state index contributed by atoms with van der Waals surface area (Å²) >= 11 is 1.76. The Morgan fingerprint density at radius 3 is 2.73 bits per heavy atom. The molecule has 0 aliphatic heterocycles. The zero-order valence-corrected chi connectivity index (χ0v) is 10.8. The fraction of sp³-hybridized carbons (Fsp3) is 0.800. The van der Waals surface area contributed by atoms with Crippen LogP contribution in [-0.2, 0) is 6.54 Å². The molecule has 1 heterocycles. The molecule has 0 aliphatic carbocycles. The van der Waals surface area contributed by atoms with Gasteiger partial charge in [0, 0.05) is 24.9 Å². The minimum atomic E-state index is 0.552. The van der Waals surface area contributed by atoms with Crippen molar-refractivity contribution in [2.45, 2.75) is 45.4 Å². The lowest BCUT2D eigenvalue weighted by Gasteiger charge is -2.07. The molecule has 86 valence electrons. The third-order valence-corrected chi connectivity index (χ3v) is 3.07. The Morgan fingerprint density at radius 1 is 1.40 bits per heavy atom. The van der Waals surface area contributed by atoms with E-state index in [1.165, 1.54) is 0 Å². The fourth-order valence-electron chi connectivity index (χ4n) is 1.32. The molecule has 0 radical (unpaired) electrons. The maximum Gasteiger partial charge on any atom is 0.191 e. The van der Waals surface area contributed by atoms with Crippen LogP contribution in [-0.4, -0.2) is 33.1 Å². The highest BCUT2D eigenvalue weighted by Gasteiger charge is 2.06. The van der Waals surface area contributed by atoms with Gasteiger partial charge in [0.15, 0.2) is 5.16 Å². The molecule has 0 bridgehead atoms. The summed E-state index contributed by atoms with van der Waals surface area (Å²) in [5.41, 5.74) is 0. The molecule has 0 saturated carbocycles. The lowest BCUT2D eigenvalue weighted by molar-refractivity contribution is 0.614. The van der Waals surface area contributed by atoms with Crippen molar-refractivity contribution in [2.24, 2.45) is 0 Å². The first-order valence-electron chi connectivity index (χ1n) is 5.41. The number of thioether (sulfide) groups is 1. The van der Waals surface area contributed by atoms with Gasteiger partial charge in [-0.2, -0.15) is 0 Å². The van der Waals surface area contributed by atoms with E-state index in [4.69, 9.17) is 0 Å². The van der Waals surface area contributed by atoms with Crippen LogP contribution in [0.3, 0.4) is 0 Å². The van der Waals surface area contributed by atoms with Crippen LogP contribution in [0.5, 0.6) is 0 Å². The summed E-state index contributed by atoms with van der Waals surface area (Å²) in [4.78, 5) is 0. The van der Waals surface area contributed by atoms with Gasteiger partial charge in [-0.3, -0.25) is 0 Å². The molecule has 1 aromatic heterocycles. The topological polar surface area (TPSA) is 42.7 Å². The molecule has 1 aromatic rings. The van der Waals surface area contributed by atoms with Crippen LogP contribution in [0.15, 0.2) is 5.16 Å². The summed E-state index contributed by atoms with van der Waals surface area (Å²) in [6.45, 7) is 10.4. The van der Waals surface area contributed by atoms with Gasteiger partial charge in [-0.05, 0) is 13.8 Å². The molecule has 0 aliphatic rings. The molecule has 0 spiro atoms. The van der Waals surface area contributed by atoms with Crippen LogP contribution >= 0.6 is 11.8 Å². The van der Waals surface area contributed by atoms with Gasteiger partial charge in [0.05, 0.1) is 0 Å². The summed E-state index contributed by atoms with van der Waals surface area (Å²) in [6, 6.07) is 0.552. The quantitative estimate of drug-likeness (QED) is 0.594. The SMILES string of the molecule is CCn1c(C)nnc1SCCNC(C)C. The largest absolute Gasteiger partial charge is 0.314 e. The molecule has 0 unspecified atom stereocenters. The maximum absolute atomic E-state index is 4.15. The number of nitrogens with zero attached hydrogens (tertiary/aromatic N) is 3. The van der Waals surface area contributed by atoms with Crippen molar-refractivity contribution < 1.29 is 0 Å². The Labute approximate surface area is 95.9 Å². The Bertz CT molecular complexity index is 296. The number of nitrogens with one attached hydrogen (secondary N) is 1. The molecule has 0 amide bonds. The van der Waals surface area contributed by atoms with E-state index in [9.17, 15) is 0 Å². The first-order valence-corrected chi connectivity index (χ1v) is 6.39. The standard InChI is InChI=1S/C10H20N4S/c1-5-14-9(4)12-13-10(14)15-7-6-11-8(2)3/h8,11H,5-7H2,1-4H3. The lowest BCUT2D eigenvalue weighted by Crippen LogP contribution is -2.25. The molecule has 0 saturated heterocycles. The van der Waals surface area contributed by atoms with E-state index in [-0.39, 0.29) is 0 Å². The second-order valence-electron chi connectivity index (χ2n) is 3.73. The zero-order valence-electron chi connectivity index (χ0n) is 9.95. The van der Waals surface area contributed by atoms with Gasteiger partial charge in [-0.1, -0.05) is 25.6 Å². The molecular weight excluding hydrogens is 208 g/mol. The molecule has 0 aromatic carbocycles. The maximum atomic E-state index is 4.15. The average molecular weight is 228 g/mol. The first-order chi connectivity index (χ1) is 7.15. The monoisotopic (exact) mass is 228 g/mol. The predicted octanol–water partition coefficient (Wildman–Crippen LogP) is 1.70. The lowest BCUT2D eigenvalue weighted by atomic mass is 10.4. The van der Waals surface area contributed by atoms with E-state index in [0.29, 0.717) is 6.04 Å². The van der Waals surface area contributed by atoms with Crippen LogP contribution in [0.4, 0.5) is 0 Å². The molecule has 0 fully saturated rings. The summed E-state index contributed by atoms with van der Waals surface area (Å²) in [6.07, 6.45) is 0. The van der Waals surface area contributed by atoms with E-state index in [2.05, 4.69) is 40.9 Å². The van der Waals surface area contributed by atoms with Gasteiger partial charge >= 0.3 is 0 Å². The number of aryl methyl sites for hydroxylation is 1. The van der Waals surface area contributed by atoms with Crippen molar-refractivity contribution in [1.29, 1.82) is 0 Å². The number of hydrogen-bond donors (Lipinski definition) is 1. The molecular formula is C10H20N4S. The van der Waals surface area contributed by atoms with E-state index >= 15 is 0 Å². The molecule has 4 nitrogen and oxygen atoms in total. The minimum absolute atomic E-state index is 0.552. The third kappa shape index (κ3) is 3.83. The van der Waals surface area contributed by atoms with E-state index in [0.717, 1.165) is 29.8 Å². The van der Waals surface area contributed by atoms with Gasteiger partial charge in [-0.25, -0.2) is 0 Å².